The highest BCUT2D eigenvalue weighted by Gasteiger charge is 2.20. The number of hydrogen-bond acceptors (Lipinski definition) is 6. The molecule has 8 nitrogen and oxygen atoms in total. The summed E-state index contributed by atoms with van der Waals surface area (Å²) in [7, 11) is 0. The number of rotatable bonds is 9. The van der Waals surface area contributed by atoms with Crippen LogP contribution in [0.3, 0.4) is 0 Å². The van der Waals surface area contributed by atoms with Crippen molar-refractivity contribution in [2.45, 2.75) is 45.8 Å². The van der Waals surface area contributed by atoms with Gasteiger partial charge in [-0.3, -0.25) is 24.8 Å². The molecule has 2 aromatic carbocycles. The van der Waals surface area contributed by atoms with E-state index in [1.165, 1.54) is 24.5 Å². The van der Waals surface area contributed by atoms with E-state index in [4.69, 9.17) is 0 Å². The number of aromatic nitrogens is 1. The van der Waals surface area contributed by atoms with E-state index >= 15 is 0 Å². The monoisotopic (exact) mass is 487 g/mol. The first-order chi connectivity index (χ1) is 17.4. The number of carbonyl (C=O) groups is 1. The van der Waals surface area contributed by atoms with Gasteiger partial charge in [0.15, 0.2) is 0 Å². The Hall–Kier alpha value is -3.78. The smallest absolute Gasteiger partial charge is 0.293 e. The Bertz CT molecular complexity index is 1180. The number of carbonyl (C=O) groups excluding carboxylic acids is 1. The molecule has 0 saturated carbocycles. The van der Waals surface area contributed by atoms with Crippen molar-refractivity contribution in [2.24, 2.45) is 5.92 Å². The number of likely N-dealkylation sites (tertiary alicyclic amines) is 1. The summed E-state index contributed by atoms with van der Waals surface area (Å²) in [6.45, 7) is 7.76. The Balaban J connectivity index is 1.35. The van der Waals surface area contributed by atoms with Gasteiger partial charge in [0, 0.05) is 37.5 Å². The highest BCUT2D eigenvalue weighted by atomic mass is 16.6. The molecule has 36 heavy (non-hydrogen) atoms. The molecule has 0 radical (unpaired) electrons. The van der Waals surface area contributed by atoms with Crippen LogP contribution in [-0.4, -0.2) is 33.8 Å². The van der Waals surface area contributed by atoms with Crippen LogP contribution in [0.5, 0.6) is 0 Å². The lowest BCUT2D eigenvalue weighted by atomic mass is 9.99. The molecule has 2 atom stereocenters. The molecular formula is C28H33N5O3. The maximum atomic E-state index is 12.7. The zero-order valence-corrected chi connectivity index (χ0v) is 20.8. The summed E-state index contributed by atoms with van der Waals surface area (Å²) >= 11 is 0. The molecule has 1 aliphatic heterocycles. The molecule has 1 saturated heterocycles. The van der Waals surface area contributed by atoms with E-state index in [0.29, 0.717) is 12.2 Å². The number of pyridine rings is 1. The number of nitrogens with zero attached hydrogens (tertiary/aromatic N) is 3. The number of hydrogen-bond donors (Lipinski definition) is 2. The minimum atomic E-state index is -0.480. The minimum Gasteiger partial charge on any atom is -0.371 e. The fourth-order valence-corrected chi connectivity index (χ4v) is 4.62. The zero-order valence-electron chi connectivity index (χ0n) is 20.8. The molecule has 3 aromatic rings. The van der Waals surface area contributed by atoms with Gasteiger partial charge in [0.2, 0.25) is 0 Å². The summed E-state index contributed by atoms with van der Waals surface area (Å²) in [5.41, 5.74) is 3.45. The molecule has 2 unspecified atom stereocenters. The minimum absolute atomic E-state index is 0.151. The first kappa shape index (κ1) is 25.3. The summed E-state index contributed by atoms with van der Waals surface area (Å²) in [5, 5.41) is 17.7. The van der Waals surface area contributed by atoms with Crippen LogP contribution in [0.2, 0.25) is 0 Å². The topological polar surface area (TPSA) is 100 Å². The van der Waals surface area contributed by atoms with Crippen LogP contribution < -0.4 is 10.6 Å². The molecule has 0 spiro atoms. The second-order valence-electron chi connectivity index (χ2n) is 9.59. The second-order valence-corrected chi connectivity index (χ2v) is 9.59. The van der Waals surface area contributed by atoms with E-state index in [9.17, 15) is 14.9 Å². The van der Waals surface area contributed by atoms with Crippen molar-refractivity contribution in [3.05, 3.63) is 99.4 Å². The van der Waals surface area contributed by atoms with E-state index in [2.05, 4.69) is 39.6 Å². The lowest BCUT2D eigenvalue weighted by Gasteiger charge is -2.30. The highest BCUT2D eigenvalue weighted by Crippen LogP contribution is 2.29. The van der Waals surface area contributed by atoms with Gasteiger partial charge in [-0.25, -0.2) is 0 Å². The van der Waals surface area contributed by atoms with Gasteiger partial charge in [0.05, 0.1) is 16.7 Å². The van der Waals surface area contributed by atoms with Crippen LogP contribution in [0.1, 0.15) is 59.9 Å². The van der Waals surface area contributed by atoms with Gasteiger partial charge in [-0.15, -0.1) is 0 Å². The SMILES string of the molecule is CC1CCCN(Cc2ccc(CNC(=O)c3ccc(NC(C)c4ccccn4)c([N+](=O)[O-])c3)cc2)C1. The van der Waals surface area contributed by atoms with Crippen molar-refractivity contribution in [2.75, 3.05) is 18.4 Å². The second kappa shape index (κ2) is 11.8. The number of nitro benzene ring substituents is 1. The van der Waals surface area contributed by atoms with Crippen molar-refractivity contribution in [1.29, 1.82) is 0 Å². The third-order valence-corrected chi connectivity index (χ3v) is 6.58. The molecule has 4 rings (SSSR count). The lowest BCUT2D eigenvalue weighted by Crippen LogP contribution is -2.33. The van der Waals surface area contributed by atoms with Crippen molar-refractivity contribution in [3.8, 4) is 0 Å². The Labute approximate surface area is 211 Å². The molecule has 188 valence electrons. The Morgan fingerprint density at radius 1 is 1.17 bits per heavy atom. The lowest BCUT2D eigenvalue weighted by molar-refractivity contribution is -0.384. The normalized spacial score (nSPS) is 16.8. The van der Waals surface area contributed by atoms with Gasteiger partial charge in [-0.05, 0) is 67.6 Å². The summed E-state index contributed by atoms with van der Waals surface area (Å²) in [6, 6.07) is 18.0. The van der Waals surface area contributed by atoms with E-state index < -0.39 is 4.92 Å². The number of anilines is 1. The van der Waals surface area contributed by atoms with E-state index in [1.54, 1.807) is 18.3 Å². The third-order valence-electron chi connectivity index (χ3n) is 6.58. The molecular weight excluding hydrogens is 454 g/mol. The fraction of sp³-hybridized carbons (Fsp3) is 0.357. The molecule has 1 aromatic heterocycles. The first-order valence-corrected chi connectivity index (χ1v) is 12.4. The van der Waals surface area contributed by atoms with E-state index in [0.717, 1.165) is 36.8 Å². The number of amides is 1. The highest BCUT2D eigenvalue weighted by molar-refractivity contribution is 5.95. The van der Waals surface area contributed by atoms with Gasteiger partial charge >= 0.3 is 0 Å². The average molecular weight is 488 g/mol. The zero-order chi connectivity index (χ0) is 25.5. The predicted octanol–water partition coefficient (Wildman–Crippen LogP) is 5.32. The maximum absolute atomic E-state index is 12.7. The summed E-state index contributed by atoms with van der Waals surface area (Å²) in [5.74, 6) is 0.395. The van der Waals surface area contributed by atoms with Crippen LogP contribution in [0.25, 0.3) is 0 Å². The van der Waals surface area contributed by atoms with E-state index in [-0.39, 0.29) is 23.2 Å². The van der Waals surface area contributed by atoms with Gasteiger partial charge < -0.3 is 10.6 Å². The van der Waals surface area contributed by atoms with Gasteiger partial charge in [0.1, 0.15) is 5.69 Å². The van der Waals surface area contributed by atoms with Crippen molar-refractivity contribution >= 4 is 17.3 Å². The summed E-state index contributed by atoms with van der Waals surface area (Å²) in [6.07, 6.45) is 4.24. The van der Waals surface area contributed by atoms with Crippen LogP contribution >= 0.6 is 0 Å². The number of nitro groups is 1. The van der Waals surface area contributed by atoms with Gasteiger partial charge in [-0.2, -0.15) is 0 Å². The molecule has 1 amide bonds. The Morgan fingerprint density at radius 2 is 1.94 bits per heavy atom. The third kappa shape index (κ3) is 6.66. The average Bonchev–Trinajstić information content (AvgIpc) is 2.88. The van der Waals surface area contributed by atoms with Crippen LogP contribution in [0.15, 0.2) is 66.9 Å². The van der Waals surface area contributed by atoms with Gasteiger partial charge in [-0.1, -0.05) is 37.3 Å². The largest absolute Gasteiger partial charge is 0.371 e. The van der Waals surface area contributed by atoms with Crippen LogP contribution in [0, 0.1) is 16.0 Å². The standard InChI is InChI=1S/C28H33N5O3/c1-20-6-5-15-32(18-20)19-23-10-8-22(9-11-23)17-30-28(34)24-12-13-26(27(16-24)33(35)36)31-21(2)25-7-3-4-14-29-25/h3-4,7-14,16,20-21,31H,5-6,15,17-19H2,1-2H3,(H,30,34). The molecule has 0 bridgehead atoms. The number of piperidine rings is 1. The predicted molar refractivity (Wildman–Crippen MR) is 141 cm³/mol. The summed E-state index contributed by atoms with van der Waals surface area (Å²) in [4.78, 5) is 30.7. The quantitative estimate of drug-likeness (QED) is 0.313. The van der Waals surface area contributed by atoms with Crippen molar-refractivity contribution in [3.63, 3.8) is 0 Å². The molecule has 2 heterocycles. The first-order valence-electron chi connectivity index (χ1n) is 12.4. The summed E-state index contributed by atoms with van der Waals surface area (Å²) < 4.78 is 0. The number of benzene rings is 2. The molecule has 8 heteroatoms. The maximum Gasteiger partial charge on any atom is 0.293 e. The number of nitrogens with one attached hydrogen (secondary N) is 2. The Morgan fingerprint density at radius 3 is 2.64 bits per heavy atom. The molecule has 1 fully saturated rings. The van der Waals surface area contributed by atoms with Gasteiger partial charge in [0.25, 0.3) is 11.6 Å². The molecule has 2 N–H and O–H groups in total. The van der Waals surface area contributed by atoms with Crippen molar-refractivity contribution in [1.82, 2.24) is 15.2 Å². The van der Waals surface area contributed by atoms with Crippen LogP contribution in [-0.2, 0) is 13.1 Å². The van der Waals surface area contributed by atoms with E-state index in [1.807, 2.05) is 37.3 Å². The van der Waals surface area contributed by atoms with Crippen molar-refractivity contribution < 1.29 is 9.72 Å². The molecule has 1 aliphatic rings. The Kier molecular flexibility index (Phi) is 8.28. The van der Waals surface area contributed by atoms with Crippen LogP contribution in [0.4, 0.5) is 11.4 Å². The molecule has 0 aliphatic carbocycles. The fourth-order valence-electron chi connectivity index (χ4n) is 4.62.